The van der Waals surface area contributed by atoms with E-state index in [0.717, 1.165) is 0 Å². The zero-order chi connectivity index (χ0) is 10.2. The van der Waals surface area contributed by atoms with Crippen molar-refractivity contribution < 1.29 is 4.39 Å². The van der Waals surface area contributed by atoms with E-state index in [-0.39, 0.29) is 6.67 Å². The largest absolute Gasteiger partial charge is 0.370 e. The predicted molar refractivity (Wildman–Crippen MR) is 57.1 cm³/mol. The molecule has 0 aliphatic heterocycles. The fourth-order valence-electron chi connectivity index (χ4n) is 1.76. The van der Waals surface area contributed by atoms with E-state index >= 15 is 0 Å². The molecule has 3 N–H and O–H groups in total. The van der Waals surface area contributed by atoms with Crippen molar-refractivity contribution in [3.05, 3.63) is 0 Å². The molecule has 1 fully saturated rings. The van der Waals surface area contributed by atoms with Gasteiger partial charge >= 0.3 is 0 Å². The smallest absolute Gasteiger partial charge is 0.188 e. The van der Waals surface area contributed by atoms with Crippen LogP contribution in [0, 0.1) is 0 Å². The minimum Gasteiger partial charge on any atom is -0.370 e. The number of hydrogen-bond donors (Lipinski definition) is 2. The first-order valence-electron chi connectivity index (χ1n) is 5.45. The number of nitrogens with zero attached hydrogens (tertiary/aromatic N) is 1. The van der Waals surface area contributed by atoms with Crippen molar-refractivity contribution in [2.45, 2.75) is 44.6 Å². The van der Waals surface area contributed by atoms with Crippen LogP contribution in [0.2, 0.25) is 0 Å². The van der Waals surface area contributed by atoms with Crippen LogP contribution in [-0.4, -0.2) is 25.2 Å². The summed E-state index contributed by atoms with van der Waals surface area (Å²) in [5.74, 6) is 0.477. The number of nitrogens with one attached hydrogen (secondary N) is 1. The number of hydrogen-bond acceptors (Lipinski definition) is 1. The van der Waals surface area contributed by atoms with Gasteiger partial charge in [0.15, 0.2) is 5.96 Å². The molecule has 0 spiro atoms. The summed E-state index contributed by atoms with van der Waals surface area (Å²) in [5.41, 5.74) is 5.66. The van der Waals surface area contributed by atoms with Gasteiger partial charge in [-0.1, -0.05) is 19.3 Å². The van der Waals surface area contributed by atoms with E-state index in [1.807, 2.05) is 0 Å². The molecule has 0 heterocycles. The van der Waals surface area contributed by atoms with Gasteiger partial charge in [-0.15, -0.1) is 0 Å². The van der Waals surface area contributed by atoms with Crippen molar-refractivity contribution in [1.82, 2.24) is 5.32 Å². The van der Waals surface area contributed by atoms with Crippen molar-refractivity contribution >= 4 is 5.96 Å². The lowest BCUT2D eigenvalue weighted by atomic mass is 9.96. The minimum absolute atomic E-state index is 0.319. The summed E-state index contributed by atoms with van der Waals surface area (Å²) < 4.78 is 11.8. The summed E-state index contributed by atoms with van der Waals surface area (Å²) in [4.78, 5) is 4.05. The molecule has 0 saturated heterocycles. The van der Waals surface area contributed by atoms with Gasteiger partial charge < -0.3 is 11.1 Å². The van der Waals surface area contributed by atoms with Crippen LogP contribution in [0.25, 0.3) is 0 Å². The lowest BCUT2D eigenvalue weighted by Gasteiger charge is -2.23. The molecule has 0 atom stereocenters. The first kappa shape index (κ1) is 11.3. The van der Waals surface area contributed by atoms with Crippen LogP contribution >= 0.6 is 0 Å². The van der Waals surface area contributed by atoms with Crippen LogP contribution < -0.4 is 11.1 Å². The van der Waals surface area contributed by atoms with Crippen molar-refractivity contribution in [2.75, 3.05) is 13.2 Å². The highest BCUT2D eigenvalue weighted by Crippen LogP contribution is 2.16. The second kappa shape index (κ2) is 6.62. The van der Waals surface area contributed by atoms with Crippen molar-refractivity contribution in [1.29, 1.82) is 0 Å². The molecule has 0 bridgehead atoms. The molecule has 82 valence electrons. The summed E-state index contributed by atoms with van der Waals surface area (Å²) in [6.45, 7) is 0.169. The number of aliphatic imine (C=N–C) groups is 1. The van der Waals surface area contributed by atoms with Gasteiger partial charge in [-0.2, -0.15) is 0 Å². The van der Waals surface area contributed by atoms with E-state index in [0.29, 0.717) is 25.0 Å². The Morgan fingerprint density at radius 1 is 1.36 bits per heavy atom. The Hall–Kier alpha value is -0.800. The van der Waals surface area contributed by atoms with E-state index in [1.54, 1.807) is 0 Å². The van der Waals surface area contributed by atoms with Gasteiger partial charge in [0.25, 0.3) is 0 Å². The fourth-order valence-corrected chi connectivity index (χ4v) is 1.76. The quantitative estimate of drug-likeness (QED) is 0.412. The van der Waals surface area contributed by atoms with Gasteiger partial charge in [0, 0.05) is 12.6 Å². The monoisotopic (exact) mass is 201 g/mol. The second-order valence-corrected chi connectivity index (χ2v) is 3.79. The molecule has 0 unspecified atom stereocenters. The van der Waals surface area contributed by atoms with Gasteiger partial charge in [0.2, 0.25) is 0 Å². The molecule has 14 heavy (non-hydrogen) atoms. The Balaban J connectivity index is 2.17. The summed E-state index contributed by atoms with van der Waals surface area (Å²) in [5, 5.41) is 3.18. The molecule has 4 heteroatoms. The topological polar surface area (TPSA) is 50.4 Å². The molecule has 0 aromatic carbocycles. The Morgan fingerprint density at radius 3 is 2.71 bits per heavy atom. The van der Waals surface area contributed by atoms with Gasteiger partial charge in [0.05, 0.1) is 6.67 Å². The van der Waals surface area contributed by atoms with Crippen LogP contribution in [-0.2, 0) is 0 Å². The minimum atomic E-state index is -0.319. The van der Waals surface area contributed by atoms with Gasteiger partial charge in [-0.25, -0.2) is 0 Å². The fraction of sp³-hybridized carbons (Fsp3) is 0.900. The van der Waals surface area contributed by atoms with Crippen LogP contribution in [0.1, 0.15) is 38.5 Å². The molecule has 1 rings (SSSR count). The van der Waals surface area contributed by atoms with Gasteiger partial charge in [-0.3, -0.25) is 9.38 Å². The van der Waals surface area contributed by atoms with E-state index in [4.69, 9.17) is 5.73 Å². The maximum Gasteiger partial charge on any atom is 0.188 e. The third-order valence-electron chi connectivity index (χ3n) is 2.53. The van der Waals surface area contributed by atoms with Gasteiger partial charge in [-0.05, 0) is 19.3 Å². The number of halogens is 1. The average Bonchev–Trinajstić information content (AvgIpc) is 2.20. The van der Waals surface area contributed by atoms with Crippen molar-refractivity contribution in [2.24, 2.45) is 10.7 Å². The SMILES string of the molecule is NC(=NCCCF)NC1CCCCC1. The Labute approximate surface area is 85.0 Å². The summed E-state index contributed by atoms with van der Waals surface area (Å²) in [6, 6.07) is 0.484. The molecule has 3 nitrogen and oxygen atoms in total. The summed E-state index contributed by atoms with van der Waals surface area (Å²) in [7, 11) is 0. The summed E-state index contributed by atoms with van der Waals surface area (Å²) in [6.07, 6.45) is 6.70. The Kier molecular flexibility index (Phi) is 5.33. The van der Waals surface area contributed by atoms with Crippen molar-refractivity contribution in [3.63, 3.8) is 0 Å². The third-order valence-corrected chi connectivity index (χ3v) is 2.53. The van der Waals surface area contributed by atoms with E-state index in [1.165, 1.54) is 32.1 Å². The maximum absolute atomic E-state index is 11.8. The van der Waals surface area contributed by atoms with Crippen molar-refractivity contribution in [3.8, 4) is 0 Å². The molecular formula is C10H20FN3. The van der Waals surface area contributed by atoms with Crippen LogP contribution in [0.5, 0.6) is 0 Å². The molecular weight excluding hydrogens is 181 g/mol. The lowest BCUT2D eigenvalue weighted by Crippen LogP contribution is -2.41. The highest BCUT2D eigenvalue weighted by atomic mass is 19.1. The first-order chi connectivity index (χ1) is 6.83. The number of rotatable bonds is 4. The maximum atomic E-state index is 11.8. The normalized spacial score (nSPS) is 19.6. The van der Waals surface area contributed by atoms with Gasteiger partial charge in [0.1, 0.15) is 0 Å². The molecule has 0 aromatic rings. The number of nitrogens with two attached hydrogens (primary N) is 1. The second-order valence-electron chi connectivity index (χ2n) is 3.79. The standard InChI is InChI=1S/C10H20FN3/c11-7-4-8-13-10(12)14-9-5-2-1-3-6-9/h9H,1-8H2,(H3,12,13,14). The first-order valence-corrected chi connectivity index (χ1v) is 5.45. The molecule has 1 saturated carbocycles. The molecule has 0 amide bonds. The molecule has 0 radical (unpaired) electrons. The highest BCUT2D eigenvalue weighted by Gasteiger charge is 2.12. The Bertz CT molecular complexity index is 176. The molecule has 1 aliphatic rings. The predicted octanol–water partition coefficient (Wildman–Crippen LogP) is 1.58. The lowest BCUT2D eigenvalue weighted by molar-refractivity contribution is 0.412. The molecule has 1 aliphatic carbocycles. The average molecular weight is 201 g/mol. The van der Waals surface area contributed by atoms with Crippen LogP contribution in [0.4, 0.5) is 4.39 Å². The third kappa shape index (κ3) is 4.44. The molecule has 0 aromatic heterocycles. The zero-order valence-electron chi connectivity index (χ0n) is 8.64. The summed E-state index contributed by atoms with van der Waals surface area (Å²) >= 11 is 0. The van der Waals surface area contributed by atoms with E-state index in [9.17, 15) is 4.39 Å². The number of guanidine groups is 1. The van der Waals surface area contributed by atoms with E-state index < -0.39 is 0 Å². The van der Waals surface area contributed by atoms with E-state index in [2.05, 4.69) is 10.3 Å². The highest BCUT2D eigenvalue weighted by molar-refractivity contribution is 5.78. The van der Waals surface area contributed by atoms with Crippen LogP contribution in [0.3, 0.4) is 0 Å². The zero-order valence-corrected chi connectivity index (χ0v) is 8.64. The van der Waals surface area contributed by atoms with Crippen LogP contribution in [0.15, 0.2) is 4.99 Å². The Morgan fingerprint density at radius 2 is 2.07 bits per heavy atom. The number of alkyl halides is 1.